The molecule has 4 aromatic carbocycles. The van der Waals surface area contributed by atoms with Crippen molar-refractivity contribution < 1.29 is 38.1 Å². The summed E-state index contributed by atoms with van der Waals surface area (Å²) in [4.78, 5) is 23.9. The molecule has 0 fully saturated rings. The van der Waals surface area contributed by atoms with Gasteiger partial charge in [-0.1, -0.05) is 42.5 Å². The van der Waals surface area contributed by atoms with Gasteiger partial charge in [-0.05, 0) is 67.4 Å². The number of aliphatic hydroxyl groups excluding tert-OH is 1. The van der Waals surface area contributed by atoms with Crippen molar-refractivity contribution in [2.75, 3.05) is 0 Å². The van der Waals surface area contributed by atoms with Gasteiger partial charge in [0.05, 0.1) is 12.2 Å². The molecule has 0 heterocycles. The van der Waals surface area contributed by atoms with Crippen LogP contribution in [0.1, 0.15) is 37.4 Å². The van der Waals surface area contributed by atoms with E-state index < -0.39 is 23.6 Å². The lowest BCUT2D eigenvalue weighted by Gasteiger charge is -2.11. The third-order valence-corrected chi connectivity index (χ3v) is 5.35. The first kappa shape index (κ1) is 34.1. The van der Waals surface area contributed by atoms with Gasteiger partial charge in [0.2, 0.25) is 0 Å². The molecule has 0 bridgehead atoms. The Kier molecular flexibility index (Phi) is 14.2. The minimum atomic E-state index is -0.782. The normalized spacial score (nSPS) is 9.85. The Bertz CT molecular complexity index is 1460. The van der Waals surface area contributed by atoms with Crippen molar-refractivity contribution >= 4 is 62.4 Å². The topological polar surface area (TPSA) is 93.1 Å². The fourth-order valence-corrected chi connectivity index (χ4v) is 3.38. The van der Waals surface area contributed by atoms with Gasteiger partial charge in [-0.3, -0.25) is 0 Å². The zero-order valence-corrected chi connectivity index (χ0v) is 26.5. The molecule has 41 heavy (non-hydrogen) atoms. The van der Waals surface area contributed by atoms with Crippen LogP contribution < -0.4 is 9.47 Å². The zero-order chi connectivity index (χ0) is 30.5. The molecule has 0 aromatic heterocycles. The van der Waals surface area contributed by atoms with Crippen LogP contribution >= 0.6 is 47.3 Å². The Balaban J connectivity index is 0.000000254. The van der Waals surface area contributed by atoms with E-state index in [9.17, 15) is 28.6 Å². The van der Waals surface area contributed by atoms with Crippen LogP contribution in [0.15, 0.2) is 84.9 Å². The van der Waals surface area contributed by atoms with Gasteiger partial charge in [-0.25, -0.2) is 18.4 Å². The first-order chi connectivity index (χ1) is 19.5. The van der Waals surface area contributed by atoms with Gasteiger partial charge in [-0.2, -0.15) is 0 Å². The highest BCUT2D eigenvalue weighted by molar-refractivity contribution is 9.69. The van der Waals surface area contributed by atoms with E-state index in [0.29, 0.717) is 17.1 Å². The average molecular weight is 757 g/mol. The molecule has 0 unspecified atom stereocenters. The van der Waals surface area contributed by atoms with E-state index in [4.69, 9.17) is 9.47 Å². The molecule has 0 amide bonds. The van der Waals surface area contributed by atoms with Crippen molar-refractivity contribution in [1.29, 1.82) is 0 Å². The van der Waals surface area contributed by atoms with Crippen molar-refractivity contribution in [1.82, 2.24) is 0 Å². The maximum atomic E-state index is 13.5. The first-order valence-corrected chi connectivity index (χ1v) is 14.5. The summed E-state index contributed by atoms with van der Waals surface area (Å²) in [5.41, 5.74) is 0.508. The maximum Gasteiger partial charge on any atom is 0.369 e. The molecule has 0 aliphatic carbocycles. The van der Waals surface area contributed by atoms with E-state index in [0.717, 1.165) is 12.1 Å². The number of para-hydroxylation sites is 2. The molecule has 0 atom stereocenters. The fraction of sp³-hybridized carbons (Fsp3) is 0.103. The van der Waals surface area contributed by atoms with Gasteiger partial charge in [0, 0.05) is 5.56 Å². The van der Waals surface area contributed by atoms with Crippen molar-refractivity contribution in [2.45, 2.75) is 20.5 Å². The van der Waals surface area contributed by atoms with Crippen LogP contribution in [0.2, 0.25) is 0 Å². The summed E-state index contributed by atoms with van der Waals surface area (Å²) in [6.45, 7) is 2.55. The van der Waals surface area contributed by atoms with Crippen LogP contribution in [-0.4, -0.2) is 25.3 Å². The fourth-order valence-electron chi connectivity index (χ4n) is 3.38. The number of aromatic hydroxyl groups is 1. The molecule has 0 radical (unpaired) electrons. The second-order valence-electron chi connectivity index (χ2n) is 8.08. The number of carbonyl (C=O) groups excluding carboxylic acids is 2. The van der Waals surface area contributed by atoms with E-state index in [-0.39, 0.29) is 37.8 Å². The number of halogens is 5. The molecular weight excluding hydrogens is 733 g/mol. The predicted octanol–water partition coefficient (Wildman–Crippen LogP) is 8.06. The van der Waals surface area contributed by atoms with E-state index in [1.807, 2.05) is 0 Å². The third kappa shape index (κ3) is 10.7. The standard InChI is InChI=1S/C15H13FO3.C14H11FO3.BBr3/c1-10-13(16)8-7-11(9-17)14(10)15(18)19-12-5-3-2-4-6-12;1-9-11(15)7-8-12(16)13(9)14(17)18-10-5-3-2-4-6-10;2-1(3)4/h2-8,17H,9H2,1H3;2-8,16H,1H3;. The number of hydrogen-bond acceptors (Lipinski definition) is 6. The Morgan fingerprint density at radius 1 is 0.707 bits per heavy atom. The second-order valence-corrected chi connectivity index (χ2v) is 14.5. The molecule has 0 aliphatic heterocycles. The number of esters is 2. The molecule has 0 aliphatic rings. The van der Waals surface area contributed by atoms with Gasteiger partial charge in [0.1, 0.15) is 34.4 Å². The molecule has 4 rings (SSSR count). The summed E-state index contributed by atoms with van der Waals surface area (Å²) in [6, 6.07) is 21.7. The number of rotatable bonds is 5. The number of phenols is 1. The van der Waals surface area contributed by atoms with Crippen molar-refractivity contribution in [3.05, 3.63) is 124 Å². The van der Waals surface area contributed by atoms with Crippen LogP contribution in [0, 0.1) is 25.5 Å². The lowest BCUT2D eigenvalue weighted by Crippen LogP contribution is -2.14. The van der Waals surface area contributed by atoms with Crippen LogP contribution in [0.3, 0.4) is 0 Å². The minimum absolute atomic E-state index is 0.0657. The number of hydrogen-bond donors (Lipinski definition) is 2. The first-order valence-electron chi connectivity index (χ1n) is 11.8. The Morgan fingerprint density at radius 2 is 1.10 bits per heavy atom. The summed E-state index contributed by atoms with van der Waals surface area (Å²) < 4.78 is 37.3. The average Bonchev–Trinajstić information content (AvgIpc) is 2.93. The largest absolute Gasteiger partial charge is 0.507 e. The molecule has 0 saturated heterocycles. The molecule has 4 aromatic rings. The highest BCUT2D eigenvalue weighted by Crippen LogP contribution is 2.25. The Hall–Kier alpha value is -3.06. The molecule has 0 saturated carbocycles. The number of phenolic OH excluding ortho intramolecular Hbond substituents is 1. The molecule has 2 N–H and O–H groups in total. The molecule has 12 heteroatoms. The predicted molar refractivity (Wildman–Crippen MR) is 165 cm³/mol. The Morgan fingerprint density at radius 3 is 1.54 bits per heavy atom. The van der Waals surface area contributed by atoms with Gasteiger partial charge in [-0.15, -0.1) is 47.3 Å². The van der Waals surface area contributed by atoms with Gasteiger partial charge in [0.25, 0.3) is 0 Å². The summed E-state index contributed by atoms with van der Waals surface area (Å²) in [7, 11) is 0. The summed E-state index contributed by atoms with van der Waals surface area (Å²) in [5, 5.41) is 18.8. The van der Waals surface area contributed by atoms with E-state index in [2.05, 4.69) is 47.3 Å². The summed E-state index contributed by atoms with van der Waals surface area (Å²) in [6.07, 6.45) is 0. The lowest BCUT2D eigenvalue weighted by atomic mass is 10.0. The molecular formula is C29H24BBr3F2O6. The highest BCUT2D eigenvalue weighted by atomic mass is 79.9. The summed E-state index contributed by atoms with van der Waals surface area (Å²) in [5.74, 6) is -2.10. The van der Waals surface area contributed by atoms with Crippen LogP contribution in [-0.2, 0) is 6.61 Å². The smallest absolute Gasteiger partial charge is 0.369 e. The van der Waals surface area contributed by atoms with E-state index in [1.54, 1.807) is 60.7 Å². The van der Waals surface area contributed by atoms with Gasteiger partial charge < -0.3 is 19.7 Å². The zero-order valence-electron chi connectivity index (χ0n) is 21.8. The van der Waals surface area contributed by atoms with Crippen molar-refractivity contribution in [2.24, 2.45) is 0 Å². The van der Waals surface area contributed by atoms with Crippen LogP contribution in [0.4, 0.5) is 8.78 Å². The van der Waals surface area contributed by atoms with Gasteiger partial charge in [0.15, 0.2) is 0 Å². The maximum absolute atomic E-state index is 13.5. The molecule has 0 spiro atoms. The van der Waals surface area contributed by atoms with Crippen LogP contribution in [0.25, 0.3) is 0 Å². The van der Waals surface area contributed by atoms with E-state index >= 15 is 0 Å². The highest BCUT2D eigenvalue weighted by Gasteiger charge is 2.20. The third-order valence-electron chi connectivity index (χ3n) is 5.35. The monoisotopic (exact) mass is 754 g/mol. The van der Waals surface area contributed by atoms with Crippen molar-refractivity contribution in [3.8, 4) is 17.2 Å². The molecule has 214 valence electrons. The molecule has 6 nitrogen and oxygen atoms in total. The minimum Gasteiger partial charge on any atom is -0.507 e. The quantitative estimate of drug-likeness (QED) is 0.122. The SMILES string of the molecule is BrB(Br)Br.Cc1c(F)ccc(CO)c1C(=O)Oc1ccccc1.Cc1c(F)ccc(O)c1C(=O)Oc1ccccc1. The van der Waals surface area contributed by atoms with Crippen LogP contribution in [0.5, 0.6) is 17.2 Å². The van der Waals surface area contributed by atoms with E-state index in [1.165, 1.54) is 26.0 Å². The number of ether oxygens (including phenoxy) is 2. The number of carbonyl (C=O) groups is 2. The summed E-state index contributed by atoms with van der Waals surface area (Å²) >= 11 is 9.31. The number of benzene rings is 4. The second kappa shape index (κ2) is 17.0. The van der Waals surface area contributed by atoms with Gasteiger partial charge >= 0.3 is 15.1 Å². The Labute approximate surface area is 261 Å². The number of aliphatic hydroxyl groups is 1. The lowest BCUT2D eigenvalue weighted by molar-refractivity contribution is 0.0720. The van der Waals surface area contributed by atoms with Crippen molar-refractivity contribution in [3.63, 3.8) is 0 Å².